The van der Waals surface area contributed by atoms with Crippen LogP contribution in [-0.4, -0.2) is 226 Å². The predicted molar refractivity (Wildman–Crippen MR) is 330 cm³/mol. The Balaban J connectivity index is 1.27. The van der Waals surface area contributed by atoms with E-state index in [0.29, 0.717) is 0 Å². The number of amides is 2. The summed E-state index contributed by atoms with van der Waals surface area (Å²) >= 11 is 1.47. The third-order valence-corrected chi connectivity index (χ3v) is 20.2. The number of alkyl carbamates (subject to hydrolysis) is 1. The Labute approximate surface area is 533 Å². The zero-order valence-corrected chi connectivity index (χ0v) is 54.6. The van der Waals surface area contributed by atoms with Crippen molar-refractivity contribution in [2.24, 2.45) is 0 Å². The molecule has 0 aromatic heterocycles. The molecule has 4 saturated heterocycles. The van der Waals surface area contributed by atoms with Crippen molar-refractivity contribution < 1.29 is 106 Å². The molecule has 4 fully saturated rings. The number of carbonyl (C=O) groups excluding carboxylic acids is 4. The van der Waals surface area contributed by atoms with E-state index in [1.165, 1.54) is 95.7 Å². The topological polar surface area (TPSA) is 327 Å². The molecule has 2 aliphatic carbocycles. The van der Waals surface area contributed by atoms with Gasteiger partial charge in [-0.15, -0.1) is 0 Å². The summed E-state index contributed by atoms with van der Waals surface area (Å²) in [6.45, 7) is 12.6. The molecular weight excluding hydrogens is 1240 g/mol. The van der Waals surface area contributed by atoms with Crippen LogP contribution in [0.1, 0.15) is 64.2 Å². The number of Topliss-reactive ketones (excluding diaryl/α,β-unsaturated/α-hetero) is 1. The predicted octanol–water partition coefficient (Wildman–Crippen LogP) is 3.42. The largest absolute Gasteiger partial charge is 0.493 e. The van der Waals surface area contributed by atoms with Crippen molar-refractivity contribution in [3.63, 3.8) is 0 Å². The normalized spacial score (nSPS) is 34.4. The van der Waals surface area contributed by atoms with Gasteiger partial charge in [-0.2, -0.15) is 17.2 Å². The first-order valence-electron chi connectivity index (χ1n) is 28.4. The number of fused-ring (bicyclic) bond motifs is 2. The summed E-state index contributed by atoms with van der Waals surface area (Å²) in [4.78, 5) is 62.5. The van der Waals surface area contributed by atoms with E-state index in [-0.39, 0.29) is 88.3 Å². The fourth-order valence-electron chi connectivity index (χ4n) is 10.8. The number of rotatable bonds is 25. The molecule has 2 bridgehead atoms. The molecule has 19 atom stereocenters. The molecule has 0 radical (unpaired) electrons. The van der Waals surface area contributed by atoms with Crippen LogP contribution in [0, 0.1) is 23.7 Å². The van der Waals surface area contributed by atoms with E-state index in [4.69, 9.17) is 66.4 Å². The smallest absolute Gasteiger partial charge is 0.411 e. The van der Waals surface area contributed by atoms with Crippen LogP contribution in [0.3, 0.4) is 0 Å². The number of hydroxylamine groups is 1. The minimum absolute atomic E-state index is 0.0843. The van der Waals surface area contributed by atoms with Gasteiger partial charge in [-0.3, -0.25) is 19.7 Å². The third kappa shape index (κ3) is 17.6. The fraction of sp³-hybridized carbons (Fsp3) is 0.627. The van der Waals surface area contributed by atoms with E-state index in [2.05, 4.69) is 51.7 Å². The zero-order valence-electron chi connectivity index (χ0n) is 51.4. The van der Waals surface area contributed by atoms with Crippen LogP contribution in [0.2, 0.25) is 0 Å². The summed E-state index contributed by atoms with van der Waals surface area (Å²) in [5, 5.41) is 56.8. The van der Waals surface area contributed by atoms with E-state index >= 15 is 4.79 Å². The molecule has 1 aromatic carbocycles. The fourth-order valence-corrected chi connectivity index (χ4v) is 14.1. The Morgan fingerprint density at radius 1 is 0.854 bits per heavy atom. The summed E-state index contributed by atoms with van der Waals surface area (Å²) < 4.78 is 77.9. The molecule has 4 heterocycles. The van der Waals surface area contributed by atoms with Crippen molar-refractivity contribution in [1.82, 2.24) is 16.1 Å². The monoisotopic (exact) mass is 1320 g/mol. The van der Waals surface area contributed by atoms with Crippen molar-refractivity contribution in [1.29, 1.82) is 0 Å². The van der Waals surface area contributed by atoms with Crippen LogP contribution in [-0.2, 0) is 66.5 Å². The first kappa shape index (κ1) is 71.8. The van der Waals surface area contributed by atoms with Crippen LogP contribution >= 0.6 is 43.2 Å². The van der Waals surface area contributed by atoms with E-state index in [0.717, 1.165) is 7.11 Å². The number of ether oxygens (including phenoxy) is 13. The SMILES string of the molecule is C=C(OC)C(=O)Nc1cc(OC)c(OC)cc1C(=O)O[C@H]1CC(O[C@@H]2C(=O)C(NC(=O)OC)=C3/C(=C\CSSSC)[C@]2(O)C#C/C=C\C#C[C@@H]3O[C@@H]2O[C@H](C)[C@@H](NOC3C[C@H](O)[C@H](SC)[C@@H](C)O3)[C@H](O)[C@H]2O[C@H]2C[C@H](OC)[C@@H](NC(C)C)CO2)O[C@@H](C)[C@@H]1O. The Bertz CT molecular complexity index is 2890. The van der Waals surface area contributed by atoms with Gasteiger partial charge in [0.25, 0.3) is 5.91 Å². The molecule has 8 N–H and O–H groups in total. The number of benzene rings is 1. The van der Waals surface area contributed by atoms with E-state index < -0.39 is 134 Å². The Kier molecular flexibility index (Phi) is 26.9. The number of nitrogens with one attached hydrogen (secondary N) is 4. The van der Waals surface area contributed by atoms with Crippen molar-refractivity contribution in [3.8, 4) is 35.2 Å². The van der Waals surface area contributed by atoms with Crippen molar-refractivity contribution in [2.75, 3.05) is 65.7 Å². The van der Waals surface area contributed by atoms with Crippen LogP contribution in [0.15, 0.2) is 59.5 Å². The molecular formula is C59H80N4O22S4. The van der Waals surface area contributed by atoms with Gasteiger partial charge in [-0.1, -0.05) is 71.8 Å². The third-order valence-electron chi connectivity index (χ3n) is 15.2. The summed E-state index contributed by atoms with van der Waals surface area (Å²) in [5.74, 6) is 8.60. The molecule has 0 saturated carbocycles. The quantitative estimate of drug-likeness (QED) is 0.0132. The maximum atomic E-state index is 15.6. The van der Waals surface area contributed by atoms with Crippen LogP contribution in [0.5, 0.6) is 11.5 Å². The Hall–Kier alpha value is -4.62. The molecule has 30 heteroatoms. The van der Waals surface area contributed by atoms with E-state index in [1.807, 2.05) is 33.3 Å². The average molecular weight is 1330 g/mol. The number of anilines is 1. The molecule has 0 spiro atoms. The number of methoxy groups -OCH3 is 5. The second kappa shape index (κ2) is 33.3. The lowest BCUT2D eigenvalue weighted by molar-refractivity contribution is -0.336. The lowest BCUT2D eigenvalue weighted by Gasteiger charge is -2.47. The molecule has 1 aromatic rings. The first-order valence-corrected chi connectivity index (χ1v) is 33.8. The highest BCUT2D eigenvalue weighted by molar-refractivity contribution is 9.09. The van der Waals surface area contributed by atoms with Gasteiger partial charge in [0.1, 0.15) is 30.5 Å². The number of esters is 1. The number of hydrogen-bond acceptors (Lipinski definition) is 28. The average Bonchev–Trinajstić information content (AvgIpc) is 0.971. The number of allylic oxidation sites excluding steroid dienone is 2. The lowest BCUT2D eigenvalue weighted by Crippen LogP contribution is -2.65. The molecule has 2 unspecified atom stereocenters. The number of carbonyl (C=O) groups is 4. The number of thioether (sulfide) groups is 1. The van der Waals surface area contributed by atoms with Gasteiger partial charge in [-0.25, -0.2) is 9.59 Å². The number of aliphatic hydroxyl groups is 4. The highest BCUT2D eigenvalue weighted by Crippen LogP contribution is 2.44. The lowest BCUT2D eigenvalue weighted by atomic mass is 9.73. The van der Waals surface area contributed by atoms with Crippen LogP contribution in [0.25, 0.3) is 0 Å². The minimum Gasteiger partial charge on any atom is -0.493 e. The Morgan fingerprint density at radius 2 is 1.56 bits per heavy atom. The molecule has 26 nitrogen and oxygen atoms in total. The molecule has 2 amide bonds. The summed E-state index contributed by atoms with van der Waals surface area (Å²) in [6.07, 6.45) is -11.7. The molecule has 6 aliphatic rings. The maximum Gasteiger partial charge on any atom is 0.411 e. The number of ketones is 1. The van der Waals surface area contributed by atoms with Gasteiger partial charge >= 0.3 is 12.1 Å². The van der Waals surface area contributed by atoms with Crippen LogP contribution in [0.4, 0.5) is 10.5 Å². The molecule has 4 aliphatic heterocycles. The summed E-state index contributed by atoms with van der Waals surface area (Å²) in [5.41, 5.74) is -0.949. The van der Waals surface area contributed by atoms with Crippen molar-refractivity contribution >= 4 is 72.6 Å². The molecule has 7 rings (SSSR count). The second-order valence-corrected chi connectivity index (χ2v) is 26.8. The van der Waals surface area contributed by atoms with Crippen molar-refractivity contribution in [3.05, 3.63) is 65.1 Å². The van der Waals surface area contributed by atoms with E-state index in [1.54, 1.807) is 20.1 Å². The van der Waals surface area contributed by atoms with Gasteiger partial charge in [0.15, 0.2) is 54.1 Å². The van der Waals surface area contributed by atoms with E-state index in [9.17, 15) is 34.8 Å². The summed E-state index contributed by atoms with van der Waals surface area (Å²) in [7, 11) is 10.8. The van der Waals surface area contributed by atoms with Crippen LogP contribution < -0.4 is 30.9 Å². The summed E-state index contributed by atoms with van der Waals surface area (Å²) in [6, 6.07) is 1.39. The highest BCUT2D eigenvalue weighted by Gasteiger charge is 2.57. The van der Waals surface area contributed by atoms with Gasteiger partial charge in [0, 0.05) is 61.4 Å². The second-order valence-electron chi connectivity index (χ2n) is 21.4. The van der Waals surface area contributed by atoms with Gasteiger partial charge in [0.05, 0.1) is 99.8 Å². The van der Waals surface area contributed by atoms with Crippen molar-refractivity contribution in [2.45, 2.75) is 175 Å². The highest BCUT2D eigenvalue weighted by atomic mass is 33.5. The Morgan fingerprint density at radius 3 is 2.22 bits per heavy atom. The minimum atomic E-state index is -2.66. The molecule has 492 valence electrons. The maximum absolute atomic E-state index is 15.6. The molecule has 89 heavy (non-hydrogen) atoms. The van der Waals surface area contributed by atoms with Gasteiger partial charge in [0.2, 0.25) is 5.78 Å². The zero-order chi connectivity index (χ0) is 64.9. The van der Waals surface area contributed by atoms with Gasteiger partial charge in [-0.05, 0) is 55.3 Å². The van der Waals surface area contributed by atoms with Gasteiger partial charge < -0.3 is 92.6 Å². The standard InChI is InChI=1S/C59H80N4O22S4/c1-28(2)60-36-27-77-43(25-39(36)73-8)83-52-50(66)47(63-85-45-24-37(64)53(86-12)31(5)79-45)29(3)80-57(52)82-38-18-16-14-15-17-20-59(71)34(19-21-88-89-87-13)46(38)48(62-58(70)76-11)51(67)54(59)84-44-26-42(49(65)30(4)78-44)81-56(69)33-22-40(74-9)41(75-10)23-35(33)61-55(68)32(6)72-7/h14-15,19,22-23,28-31,36-39,42-45,47,49-50,52-54,57,60,63-66,71H,6,21,24-27H2,1-5,7-13H3,(H,61,68)(H,62,70)/b15-14-,34-19+/t29-,30+,31-,36+,37+,38+,39+,42+,43+,44?,45?,47-,49+,50+,52-,53-,54-,57+,59-/m1/s1. The number of hydrogen-bond donors (Lipinski definition) is 8. The number of aliphatic hydroxyl groups excluding tert-OH is 3. The first-order chi connectivity index (χ1) is 42.5.